The van der Waals surface area contributed by atoms with E-state index in [1.54, 1.807) is 0 Å². The van der Waals surface area contributed by atoms with Crippen LogP contribution in [0.4, 0.5) is 4.79 Å². The molecule has 4 atom stereocenters. The minimum Gasteiger partial charge on any atom is -0.480 e. The Bertz CT molecular complexity index is 333. The summed E-state index contributed by atoms with van der Waals surface area (Å²) in [5, 5.41) is 12.2. The van der Waals surface area contributed by atoms with Gasteiger partial charge in [-0.15, -0.1) is 0 Å². The number of piperidine rings is 1. The summed E-state index contributed by atoms with van der Waals surface area (Å²) in [7, 11) is 0. The SMILES string of the molecule is CCC(C)C(C)NC(=O)N1CCC(C)CC1C(=O)O. The Morgan fingerprint density at radius 1 is 1.42 bits per heavy atom. The van der Waals surface area contributed by atoms with Crippen molar-refractivity contribution < 1.29 is 14.7 Å². The van der Waals surface area contributed by atoms with Crippen molar-refractivity contribution in [2.24, 2.45) is 11.8 Å². The lowest BCUT2D eigenvalue weighted by Crippen LogP contribution is -2.55. The van der Waals surface area contributed by atoms with E-state index in [2.05, 4.69) is 19.2 Å². The van der Waals surface area contributed by atoms with Gasteiger partial charge < -0.3 is 15.3 Å². The molecule has 1 fully saturated rings. The van der Waals surface area contributed by atoms with Crippen molar-refractivity contribution in [3.05, 3.63) is 0 Å². The smallest absolute Gasteiger partial charge is 0.326 e. The fourth-order valence-electron chi connectivity index (χ4n) is 2.39. The molecule has 5 nitrogen and oxygen atoms in total. The summed E-state index contributed by atoms with van der Waals surface area (Å²) >= 11 is 0. The Morgan fingerprint density at radius 2 is 2.05 bits per heavy atom. The van der Waals surface area contributed by atoms with E-state index in [1.807, 2.05) is 13.8 Å². The monoisotopic (exact) mass is 270 g/mol. The van der Waals surface area contributed by atoms with Gasteiger partial charge in [-0.2, -0.15) is 0 Å². The minimum absolute atomic E-state index is 0.0614. The number of nitrogens with one attached hydrogen (secondary N) is 1. The van der Waals surface area contributed by atoms with E-state index < -0.39 is 12.0 Å². The Hall–Kier alpha value is -1.26. The lowest BCUT2D eigenvalue weighted by molar-refractivity contribution is -0.143. The zero-order valence-electron chi connectivity index (χ0n) is 12.3. The van der Waals surface area contributed by atoms with Gasteiger partial charge in [0.2, 0.25) is 0 Å². The third-order valence-corrected chi connectivity index (χ3v) is 4.26. The third-order valence-electron chi connectivity index (χ3n) is 4.26. The molecule has 0 radical (unpaired) electrons. The van der Waals surface area contributed by atoms with Crippen LogP contribution in [0.2, 0.25) is 0 Å². The molecular formula is C14H26N2O3. The molecule has 0 aromatic carbocycles. The van der Waals surface area contributed by atoms with Crippen LogP contribution < -0.4 is 5.32 Å². The molecule has 2 N–H and O–H groups in total. The molecular weight excluding hydrogens is 244 g/mol. The second-order valence-corrected chi connectivity index (χ2v) is 5.80. The van der Waals surface area contributed by atoms with Gasteiger partial charge in [0.25, 0.3) is 0 Å². The molecule has 0 spiro atoms. The number of aliphatic carboxylic acids is 1. The fourth-order valence-corrected chi connectivity index (χ4v) is 2.39. The molecule has 0 aliphatic carbocycles. The van der Waals surface area contributed by atoms with Gasteiger partial charge in [-0.3, -0.25) is 0 Å². The number of carboxylic acid groups (broad SMARTS) is 1. The molecule has 19 heavy (non-hydrogen) atoms. The first kappa shape index (κ1) is 15.8. The van der Waals surface area contributed by atoms with Crippen LogP contribution >= 0.6 is 0 Å². The molecule has 1 aliphatic rings. The number of carboxylic acids is 1. The number of nitrogens with zero attached hydrogens (tertiary/aromatic N) is 1. The molecule has 5 heteroatoms. The molecule has 2 amide bonds. The first-order chi connectivity index (χ1) is 8.86. The van der Waals surface area contributed by atoms with Gasteiger partial charge in [-0.05, 0) is 31.6 Å². The van der Waals surface area contributed by atoms with Gasteiger partial charge in [0.15, 0.2) is 0 Å². The van der Waals surface area contributed by atoms with Gasteiger partial charge in [0.05, 0.1) is 0 Å². The van der Waals surface area contributed by atoms with Crippen molar-refractivity contribution in [1.82, 2.24) is 10.2 Å². The van der Waals surface area contributed by atoms with Crippen LogP contribution in [0.25, 0.3) is 0 Å². The van der Waals surface area contributed by atoms with E-state index in [9.17, 15) is 14.7 Å². The molecule has 0 saturated carbocycles. The topological polar surface area (TPSA) is 69.6 Å². The normalized spacial score (nSPS) is 26.6. The average Bonchev–Trinajstić information content (AvgIpc) is 2.37. The second kappa shape index (κ2) is 6.78. The highest BCUT2D eigenvalue weighted by Gasteiger charge is 2.35. The van der Waals surface area contributed by atoms with Crippen LogP contribution in [-0.2, 0) is 4.79 Å². The molecule has 0 bridgehead atoms. The van der Waals surface area contributed by atoms with Crippen molar-refractivity contribution in [2.75, 3.05) is 6.54 Å². The molecule has 0 aromatic rings. The Morgan fingerprint density at radius 3 is 2.58 bits per heavy atom. The van der Waals surface area contributed by atoms with Crippen LogP contribution in [0.3, 0.4) is 0 Å². The highest BCUT2D eigenvalue weighted by Crippen LogP contribution is 2.23. The van der Waals surface area contributed by atoms with E-state index in [4.69, 9.17) is 0 Å². The maximum atomic E-state index is 12.2. The van der Waals surface area contributed by atoms with Crippen molar-refractivity contribution >= 4 is 12.0 Å². The highest BCUT2D eigenvalue weighted by atomic mass is 16.4. The molecule has 1 aliphatic heterocycles. The number of carbonyl (C=O) groups excluding carboxylic acids is 1. The predicted octanol–water partition coefficient (Wildman–Crippen LogP) is 2.32. The number of rotatable bonds is 4. The molecule has 1 heterocycles. The molecule has 1 saturated heterocycles. The largest absolute Gasteiger partial charge is 0.480 e. The summed E-state index contributed by atoms with van der Waals surface area (Å²) in [4.78, 5) is 24.9. The fraction of sp³-hybridized carbons (Fsp3) is 0.857. The number of hydrogen-bond donors (Lipinski definition) is 2. The lowest BCUT2D eigenvalue weighted by Gasteiger charge is -2.37. The van der Waals surface area contributed by atoms with Crippen molar-refractivity contribution in [1.29, 1.82) is 0 Å². The van der Waals surface area contributed by atoms with E-state index in [0.717, 1.165) is 12.8 Å². The van der Waals surface area contributed by atoms with Gasteiger partial charge in [-0.25, -0.2) is 9.59 Å². The summed E-state index contributed by atoms with van der Waals surface area (Å²) in [6.45, 7) is 8.69. The maximum absolute atomic E-state index is 12.2. The van der Waals surface area contributed by atoms with Crippen molar-refractivity contribution in [3.8, 4) is 0 Å². The van der Waals surface area contributed by atoms with E-state index in [1.165, 1.54) is 4.90 Å². The summed E-state index contributed by atoms with van der Waals surface area (Å²) in [5.41, 5.74) is 0. The van der Waals surface area contributed by atoms with E-state index >= 15 is 0 Å². The van der Waals surface area contributed by atoms with Crippen LogP contribution in [0.1, 0.15) is 47.0 Å². The minimum atomic E-state index is -0.905. The van der Waals surface area contributed by atoms with Crippen LogP contribution in [0, 0.1) is 11.8 Å². The second-order valence-electron chi connectivity index (χ2n) is 5.80. The van der Waals surface area contributed by atoms with Crippen LogP contribution in [-0.4, -0.2) is 40.6 Å². The predicted molar refractivity (Wildman–Crippen MR) is 74.0 cm³/mol. The first-order valence-electron chi connectivity index (χ1n) is 7.16. The molecule has 0 aromatic heterocycles. The molecule has 4 unspecified atom stereocenters. The third kappa shape index (κ3) is 4.11. The van der Waals surface area contributed by atoms with E-state index in [0.29, 0.717) is 24.8 Å². The van der Waals surface area contributed by atoms with Crippen molar-refractivity contribution in [2.45, 2.75) is 59.0 Å². The summed E-state index contributed by atoms with van der Waals surface area (Å²) < 4.78 is 0. The number of likely N-dealkylation sites (tertiary alicyclic amines) is 1. The summed E-state index contributed by atoms with van der Waals surface area (Å²) in [6.07, 6.45) is 2.40. The van der Waals surface area contributed by atoms with Gasteiger partial charge in [-0.1, -0.05) is 27.2 Å². The summed E-state index contributed by atoms with van der Waals surface area (Å²) in [6, 6.07) is -0.869. The van der Waals surface area contributed by atoms with Crippen LogP contribution in [0.5, 0.6) is 0 Å². The number of amides is 2. The summed E-state index contributed by atoms with van der Waals surface area (Å²) in [5.74, 6) is -0.161. The Labute approximate surface area is 115 Å². The number of hydrogen-bond acceptors (Lipinski definition) is 2. The van der Waals surface area contributed by atoms with Gasteiger partial charge >= 0.3 is 12.0 Å². The molecule has 110 valence electrons. The van der Waals surface area contributed by atoms with Crippen molar-refractivity contribution in [3.63, 3.8) is 0 Å². The first-order valence-corrected chi connectivity index (χ1v) is 7.16. The maximum Gasteiger partial charge on any atom is 0.326 e. The Balaban J connectivity index is 2.66. The van der Waals surface area contributed by atoms with Crippen LogP contribution in [0.15, 0.2) is 0 Å². The Kier molecular flexibility index (Phi) is 5.63. The zero-order chi connectivity index (χ0) is 14.6. The standard InChI is InChI=1S/C14H26N2O3/c1-5-10(3)11(4)15-14(19)16-7-6-9(2)8-12(16)13(17)18/h9-12H,5-8H2,1-4H3,(H,15,19)(H,17,18). The number of carbonyl (C=O) groups is 2. The quantitative estimate of drug-likeness (QED) is 0.823. The number of urea groups is 1. The van der Waals surface area contributed by atoms with E-state index in [-0.39, 0.29) is 12.1 Å². The lowest BCUT2D eigenvalue weighted by atomic mass is 9.92. The zero-order valence-corrected chi connectivity index (χ0v) is 12.3. The molecule has 1 rings (SSSR count). The highest BCUT2D eigenvalue weighted by molar-refractivity contribution is 5.83. The average molecular weight is 270 g/mol. The van der Waals surface area contributed by atoms with Gasteiger partial charge in [0.1, 0.15) is 6.04 Å². The van der Waals surface area contributed by atoms with Gasteiger partial charge in [0, 0.05) is 12.6 Å².